The van der Waals surface area contributed by atoms with Gasteiger partial charge < -0.3 is 10.6 Å². The summed E-state index contributed by atoms with van der Waals surface area (Å²) in [6, 6.07) is 8.03. The SMILES string of the molecule is Cc1ccc(CNC(=O)C(=O)N[C@@H]2CCCC[C@@H]2C)cc1. The maximum Gasteiger partial charge on any atom is 0.309 e. The fraction of sp³-hybridized carbons (Fsp3) is 0.529. The number of benzene rings is 1. The van der Waals surface area contributed by atoms with Gasteiger partial charge in [0.25, 0.3) is 0 Å². The molecule has 0 heterocycles. The van der Waals surface area contributed by atoms with Crippen LogP contribution in [0.15, 0.2) is 24.3 Å². The van der Waals surface area contributed by atoms with E-state index < -0.39 is 11.8 Å². The Kier molecular flexibility index (Phi) is 5.37. The Morgan fingerprint density at radius 3 is 2.43 bits per heavy atom. The van der Waals surface area contributed by atoms with Crippen molar-refractivity contribution >= 4 is 11.8 Å². The van der Waals surface area contributed by atoms with Crippen molar-refractivity contribution in [1.82, 2.24) is 10.6 Å². The maximum atomic E-state index is 11.9. The normalized spacial score (nSPS) is 21.6. The van der Waals surface area contributed by atoms with E-state index in [1.165, 1.54) is 12.0 Å². The van der Waals surface area contributed by atoms with Gasteiger partial charge in [0.1, 0.15) is 0 Å². The number of hydrogen-bond acceptors (Lipinski definition) is 2. The third-order valence-corrected chi connectivity index (χ3v) is 4.21. The standard InChI is InChI=1S/C17H24N2O2/c1-12-7-9-14(10-8-12)11-18-16(20)17(21)19-15-6-4-3-5-13(15)2/h7-10,13,15H,3-6,11H2,1-2H3,(H,18,20)(H,19,21)/t13-,15+/m0/s1. The molecule has 1 aliphatic carbocycles. The molecule has 0 radical (unpaired) electrons. The molecular formula is C17H24N2O2. The highest BCUT2D eigenvalue weighted by Crippen LogP contribution is 2.23. The van der Waals surface area contributed by atoms with E-state index >= 15 is 0 Å². The molecule has 1 aromatic rings. The summed E-state index contributed by atoms with van der Waals surface area (Å²) in [5.41, 5.74) is 2.17. The molecule has 0 aromatic heterocycles. The molecule has 2 atom stereocenters. The van der Waals surface area contributed by atoms with E-state index in [4.69, 9.17) is 0 Å². The van der Waals surface area contributed by atoms with Gasteiger partial charge in [-0.05, 0) is 31.2 Å². The molecule has 1 fully saturated rings. The highest BCUT2D eigenvalue weighted by molar-refractivity contribution is 6.35. The quantitative estimate of drug-likeness (QED) is 0.839. The number of aryl methyl sites for hydroxylation is 1. The first-order valence-corrected chi connectivity index (χ1v) is 7.70. The van der Waals surface area contributed by atoms with Gasteiger partial charge in [0.15, 0.2) is 0 Å². The molecule has 1 aromatic carbocycles. The van der Waals surface area contributed by atoms with Crippen LogP contribution in [-0.4, -0.2) is 17.9 Å². The Morgan fingerprint density at radius 1 is 1.10 bits per heavy atom. The number of nitrogens with one attached hydrogen (secondary N) is 2. The van der Waals surface area contributed by atoms with Crippen LogP contribution >= 0.6 is 0 Å². The molecule has 114 valence electrons. The van der Waals surface area contributed by atoms with Gasteiger partial charge in [-0.1, -0.05) is 49.6 Å². The molecule has 2 amide bonds. The summed E-state index contributed by atoms with van der Waals surface area (Å²) in [5, 5.41) is 5.53. The van der Waals surface area contributed by atoms with E-state index in [1.807, 2.05) is 31.2 Å². The lowest BCUT2D eigenvalue weighted by molar-refractivity contribution is -0.140. The minimum absolute atomic E-state index is 0.136. The monoisotopic (exact) mass is 288 g/mol. The molecule has 0 saturated heterocycles. The summed E-state index contributed by atoms with van der Waals surface area (Å²) in [6.45, 7) is 4.53. The van der Waals surface area contributed by atoms with Crippen LogP contribution in [0, 0.1) is 12.8 Å². The van der Waals surface area contributed by atoms with Crippen molar-refractivity contribution in [2.45, 2.75) is 52.1 Å². The maximum absolute atomic E-state index is 11.9. The smallest absolute Gasteiger partial charge is 0.309 e. The van der Waals surface area contributed by atoms with E-state index in [-0.39, 0.29) is 6.04 Å². The van der Waals surface area contributed by atoms with Gasteiger partial charge in [-0.2, -0.15) is 0 Å². The van der Waals surface area contributed by atoms with Crippen molar-refractivity contribution in [2.24, 2.45) is 5.92 Å². The molecule has 0 aliphatic heterocycles. The van der Waals surface area contributed by atoms with Crippen LogP contribution < -0.4 is 10.6 Å². The molecule has 1 saturated carbocycles. The predicted molar refractivity (Wildman–Crippen MR) is 82.6 cm³/mol. The molecule has 0 spiro atoms. The van der Waals surface area contributed by atoms with Gasteiger partial charge in [-0.25, -0.2) is 0 Å². The van der Waals surface area contributed by atoms with Gasteiger partial charge in [0, 0.05) is 12.6 Å². The highest BCUT2D eigenvalue weighted by Gasteiger charge is 2.25. The van der Waals surface area contributed by atoms with Gasteiger partial charge in [0.05, 0.1) is 0 Å². The second kappa shape index (κ2) is 7.25. The van der Waals surface area contributed by atoms with Crippen LogP contribution in [0.1, 0.15) is 43.7 Å². The first-order valence-electron chi connectivity index (χ1n) is 7.70. The number of carbonyl (C=O) groups excluding carboxylic acids is 2. The lowest BCUT2D eigenvalue weighted by Crippen LogP contribution is -2.47. The summed E-state index contributed by atoms with van der Waals surface area (Å²) in [6.07, 6.45) is 4.43. The van der Waals surface area contributed by atoms with Crippen LogP contribution in [-0.2, 0) is 16.1 Å². The Morgan fingerprint density at radius 2 is 1.76 bits per heavy atom. The molecular weight excluding hydrogens is 264 g/mol. The van der Waals surface area contributed by atoms with Crippen LogP contribution in [0.5, 0.6) is 0 Å². The second-order valence-electron chi connectivity index (χ2n) is 6.01. The summed E-state index contributed by atoms with van der Waals surface area (Å²) in [4.78, 5) is 23.7. The van der Waals surface area contributed by atoms with Crippen LogP contribution in [0.2, 0.25) is 0 Å². The van der Waals surface area contributed by atoms with Crippen molar-refractivity contribution in [3.05, 3.63) is 35.4 Å². The first-order chi connectivity index (χ1) is 10.1. The average molecular weight is 288 g/mol. The molecule has 21 heavy (non-hydrogen) atoms. The lowest BCUT2D eigenvalue weighted by Gasteiger charge is -2.29. The molecule has 4 heteroatoms. The Balaban J connectivity index is 1.79. The van der Waals surface area contributed by atoms with E-state index in [0.717, 1.165) is 24.8 Å². The number of carbonyl (C=O) groups is 2. The third kappa shape index (κ3) is 4.59. The molecule has 0 unspecified atom stereocenters. The molecule has 0 bridgehead atoms. The Hall–Kier alpha value is -1.84. The zero-order valence-corrected chi connectivity index (χ0v) is 12.8. The van der Waals surface area contributed by atoms with E-state index in [2.05, 4.69) is 17.6 Å². The Labute approximate surface area is 126 Å². The van der Waals surface area contributed by atoms with Gasteiger partial charge >= 0.3 is 11.8 Å². The minimum atomic E-state index is -0.548. The van der Waals surface area contributed by atoms with E-state index in [1.54, 1.807) is 0 Å². The van der Waals surface area contributed by atoms with Crippen molar-refractivity contribution in [1.29, 1.82) is 0 Å². The van der Waals surface area contributed by atoms with Crippen LogP contribution in [0.25, 0.3) is 0 Å². The van der Waals surface area contributed by atoms with Crippen molar-refractivity contribution in [3.63, 3.8) is 0 Å². The zero-order chi connectivity index (χ0) is 15.2. The zero-order valence-electron chi connectivity index (χ0n) is 12.8. The number of rotatable bonds is 3. The lowest BCUT2D eigenvalue weighted by atomic mass is 9.86. The van der Waals surface area contributed by atoms with Crippen molar-refractivity contribution in [3.8, 4) is 0 Å². The third-order valence-electron chi connectivity index (χ3n) is 4.21. The largest absolute Gasteiger partial charge is 0.345 e. The van der Waals surface area contributed by atoms with Gasteiger partial charge in [-0.3, -0.25) is 9.59 Å². The fourth-order valence-electron chi connectivity index (χ4n) is 2.73. The number of hydrogen-bond donors (Lipinski definition) is 2. The summed E-state index contributed by atoms with van der Waals surface area (Å²) in [7, 11) is 0. The first kappa shape index (κ1) is 15.5. The average Bonchev–Trinajstić information content (AvgIpc) is 2.48. The predicted octanol–water partition coefficient (Wildman–Crippen LogP) is 2.31. The van der Waals surface area contributed by atoms with E-state index in [9.17, 15) is 9.59 Å². The summed E-state index contributed by atoms with van der Waals surface area (Å²) in [5.74, 6) is -0.609. The summed E-state index contributed by atoms with van der Waals surface area (Å²) < 4.78 is 0. The minimum Gasteiger partial charge on any atom is -0.345 e. The van der Waals surface area contributed by atoms with Crippen LogP contribution in [0.3, 0.4) is 0 Å². The molecule has 2 N–H and O–H groups in total. The summed E-state index contributed by atoms with van der Waals surface area (Å²) >= 11 is 0. The molecule has 4 nitrogen and oxygen atoms in total. The molecule has 2 rings (SSSR count). The molecule has 1 aliphatic rings. The van der Waals surface area contributed by atoms with Crippen molar-refractivity contribution in [2.75, 3.05) is 0 Å². The van der Waals surface area contributed by atoms with Crippen molar-refractivity contribution < 1.29 is 9.59 Å². The van der Waals surface area contributed by atoms with Gasteiger partial charge in [-0.15, -0.1) is 0 Å². The Bertz CT molecular complexity index is 496. The second-order valence-corrected chi connectivity index (χ2v) is 6.01. The van der Waals surface area contributed by atoms with E-state index in [0.29, 0.717) is 12.5 Å². The van der Waals surface area contributed by atoms with Crippen LogP contribution in [0.4, 0.5) is 0 Å². The topological polar surface area (TPSA) is 58.2 Å². The van der Waals surface area contributed by atoms with Gasteiger partial charge in [0.2, 0.25) is 0 Å². The number of amides is 2. The fourth-order valence-corrected chi connectivity index (χ4v) is 2.73. The highest BCUT2D eigenvalue weighted by atomic mass is 16.2.